The number of hydrogen-bond acceptors (Lipinski definition) is 5. The summed E-state index contributed by atoms with van der Waals surface area (Å²) in [6, 6.07) is 17.8. The highest BCUT2D eigenvalue weighted by Gasteiger charge is 2.13. The van der Waals surface area contributed by atoms with Gasteiger partial charge in [0.25, 0.3) is 0 Å². The average Bonchev–Trinajstić information content (AvgIpc) is 3.26. The smallest absolute Gasteiger partial charge is 0.387 e. The van der Waals surface area contributed by atoms with Crippen molar-refractivity contribution in [2.75, 3.05) is 12.4 Å². The lowest BCUT2D eigenvalue weighted by atomic mass is 10.1. The number of aromatic nitrogens is 3. The lowest BCUT2D eigenvalue weighted by Crippen LogP contribution is -2.09. The number of halogens is 2. The molecule has 0 aliphatic heterocycles. The van der Waals surface area contributed by atoms with Crippen molar-refractivity contribution in [3.63, 3.8) is 0 Å². The zero-order chi connectivity index (χ0) is 24.6. The minimum absolute atomic E-state index is 0.130. The monoisotopic (exact) mass is 476 g/mol. The molecule has 0 aliphatic carbocycles. The van der Waals surface area contributed by atoms with Gasteiger partial charge >= 0.3 is 6.61 Å². The van der Waals surface area contributed by atoms with E-state index < -0.39 is 12.5 Å². The predicted molar refractivity (Wildman–Crippen MR) is 128 cm³/mol. The normalized spacial score (nSPS) is 11.1. The van der Waals surface area contributed by atoms with Gasteiger partial charge in [0.05, 0.1) is 13.7 Å². The van der Waals surface area contributed by atoms with Crippen molar-refractivity contribution in [2.24, 2.45) is 0 Å². The molecule has 2 aromatic carbocycles. The minimum atomic E-state index is -3.02. The van der Waals surface area contributed by atoms with Gasteiger partial charge in [-0.15, -0.1) is 0 Å². The molecule has 7 nitrogen and oxygen atoms in total. The first-order valence-corrected chi connectivity index (χ1v) is 10.7. The van der Waals surface area contributed by atoms with E-state index in [0.717, 1.165) is 16.7 Å². The fourth-order valence-corrected chi connectivity index (χ4v) is 3.43. The Morgan fingerprint density at radius 1 is 1.11 bits per heavy atom. The number of pyridine rings is 1. The molecule has 2 aromatic heterocycles. The van der Waals surface area contributed by atoms with Gasteiger partial charge in [0.1, 0.15) is 5.69 Å². The SMILES string of the molecule is COc1ccc(NC(=O)/C=C/c2cn(Cc3ccccc3)nc2-c2cccnc2)cc1OC(F)F. The number of ether oxygens (including phenoxy) is 2. The summed E-state index contributed by atoms with van der Waals surface area (Å²) >= 11 is 0. The summed E-state index contributed by atoms with van der Waals surface area (Å²) in [5.41, 5.74) is 3.57. The molecule has 4 aromatic rings. The number of rotatable bonds is 9. The summed E-state index contributed by atoms with van der Waals surface area (Å²) < 4.78 is 36.6. The number of carbonyl (C=O) groups is 1. The zero-order valence-corrected chi connectivity index (χ0v) is 18.8. The first-order chi connectivity index (χ1) is 17.0. The maximum absolute atomic E-state index is 12.7. The Morgan fingerprint density at radius 2 is 1.94 bits per heavy atom. The zero-order valence-electron chi connectivity index (χ0n) is 18.8. The van der Waals surface area contributed by atoms with E-state index in [9.17, 15) is 13.6 Å². The third-order valence-corrected chi connectivity index (χ3v) is 4.97. The van der Waals surface area contributed by atoms with Crippen molar-refractivity contribution in [1.82, 2.24) is 14.8 Å². The highest BCUT2D eigenvalue weighted by Crippen LogP contribution is 2.31. The number of benzene rings is 2. The predicted octanol–water partition coefficient (Wildman–Crippen LogP) is 5.26. The number of methoxy groups -OCH3 is 1. The molecule has 0 radical (unpaired) electrons. The van der Waals surface area contributed by atoms with Gasteiger partial charge in [-0.05, 0) is 35.9 Å². The Morgan fingerprint density at radius 3 is 2.66 bits per heavy atom. The van der Waals surface area contributed by atoms with Crippen LogP contribution in [0.4, 0.5) is 14.5 Å². The highest BCUT2D eigenvalue weighted by atomic mass is 19.3. The van der Waals surface area contributed by atoms with Crippen LogP contribution in [0.2, 0.25) is 0 Å². The minimum Gasteiger partial charge on any atom is -0.493 e. The number of nitrogens with zero attached hydrogens (tertiary/aromatic N) is 3. The van der Waals surface area contributed by atoms with Gasteiger partial charge < -0.3 is 14.8 Å². The molecule has 4 rings (SSSR count). The summed E-state index contributed by atoms with van der Waals surface area (Å²) in [5, 5.41) is 7.33. The van der Waals surface area contributed by atoms with Crippen LogP contribution in [0.1, 0.15) is 11.1 Å². The van der Waals surface area contributed by atoms with E-state index in [2.05, 4.69) is 20.1 Å². The lowest BCUT2D eigenvalue weighted by Gasteiger charge is -2.11. The molecule has 9 heteroatoms. The molecule has 178 valence electrons. The Balaban J connectivity index is 1.55. The summed E-state index contributed by atoms with van der Waals surface area (Å²) in [6.45, 7) is -2.46. The second-order valence-electron chi connectivity index (χ2n) is 7.42. The second kappa shape index (κ2) is 11.1. The van der Waals surface area contributed by atoms with E-state index in [1.165, 1.54) is 31.4 Å². The number of hydrogen-bond donors (Lipinski definition) is 1. The Hall–Kier alpha value is -4.53. The fraction of sp³-hybridized carbons (Fsp3) is 0.115. The maximum Gasteiger partial charge on any atom is 0.387 e. The van der Waals surface area contributed by atoms with E-state index in [-0.39, 0.29) is 17.2 Å². The van der Waals surface area contributed by atoms with Gasteiger partial charge in [-0.25, -0.2) is 0 Å². The summed E-state index contributed by atoms with van der Waals surface area (Å²) in [7, 11) is 1.34. The Kier molecular flexibility index (Phi) is 7.47. The Bertz CT molecular complexity index is 1310. The molecule has 0 spiro atoms. The van der Waals surface area contributed by atoms with Crippen molar-refractivity contribution in [2.45, 2.75) is 13.2 Å². The average molecular weight is 476 g/mol. The number of alkyl halides is 2. The molecule has 0 saturated heterocycles. The van der Waals surface area contributed by atoms with E-state index in [4.69, 9.17) is 4.74 Å². The maximum atomic E-state index is 12.7. The molecule has 0 fully saturated rings. The van der Waals surface area contributed by atoms with Crippen LogP contribution in [-0.2, 0) is 11.3 Å². The third kappa shape index (κ3) is 6.29. The summed E-state index contributed by atoms with van der Waals surface area (Å²) in [5.74, 6) is -0.498. The molecular weight excluding hydrogens is 454 g/mol. The van der Waals surface area contributed by atoms with Crippen LogP contribution in [0.5, 0.6) is 11.5 Å². The standard InChI is InChI=1S/C26H22F2N4O3/c1-34-22-11-10-21(14-23(22)35-26(27)28)30-24(33)12-9-20-17-32(16-18-6-3-2-4-7-18)31-25(20)19-8-5-13-29-15-19/h2-15,17,26H,16H2,1H3,(H,30,33)/b12-9+. The van der Waals surface area contributed by atoms with Crippen LogP contribution in [0.3, 0.4) is 0 Å². The number of carbonyl (C=O) groups excluding carboxylic acids is 1. The van der Waals surface area contributed by atoms with E-state index >= 15 is 0 Å². The van der Waals surface area contributed by atoms with E-state index in [1.54, 1.807) is 23.2 Å². The van der Waals surface area contributed by atoms with Gasteiger partial charge in [0.2, 0.25) is 5.91 Å². The summed E-state index contributed by atoms with van der Waals surface area (Å²) in [4.78, 5) is 16.7. The molecule has 0 saturated carbocycles. The van der Waals surface area contributed by atoms with Crippen molar-refractivity contribution in [3.05, 3.63) is 96.5 Å². The van der Waals surface area contributed by atoms with Gasteiger partial charge in [-0.2, -0.15) is 13.9 Å². The summed E-state index contributed by atoms with van der Waals surface area (Å²) in [6.07, 6.45) is 8.22. The van der Waals surface area contributed by atoms with Gasteiger partial charge in [0, 0.05) is 47.5 Å². The molecule has 1 amide bonds. The van der Waals surface area contributed by atoms with E-state index in [1.807, 2.05) is 48.7 Å². The molecular formula is C26H22F2N4O3. The number of amides is 1. The number of nitrogens with one attached hydrogen (secondary N) is 1. The fourth-order valence-electron chi connectivity index (χ4n) is 3.43. The molecule has 35 heavy (non-hydrogen) atoms. The van der Waals surface area contributed by atoms with Crippen LogP contribution in [0.15, 0.2) is 85.3 Å². The largest absolute Gasteiger partial charge is 0.493 e. The molecule has 0 atom stereocenters. The topological polar surface area (TPSA) is 78.3 Å². The quantitative estimate of drug-likeness (QED) is 0.334. The highest BCUT2D eigenvalue weighted by molar-refractivity contribution is 6.02. The third-order valence-electron chi connectivity index (χ3n) is 4.97. The Labute approximate surface area is 200 Å². The van der Waals surface area contributed by atoms with Crippen molar-refractivity contribution in [1.29, 1.82) is 0 Å². The van der Waals surface area contributed by atoms with Gasteiger partial charge in [0.15, 0.2) is 11.5 Å². The molecule has 0 unspecified atom stereocenters. The second-order valence-corrected chi connectivity index (χ2v) is 7.42. The van der Waals surface area contributed by atoms with Crippen molar-refractivity contribution in [3.8, 4) is 22.8 Å². The van der Waals surface area contributed by atoms with Crippen LogP contribution >= 0.6 is 0 Å². The van der Waals surface area contributed by atoms with Crippen molar-refractivity contribution < 1.29 is 23.0 Å². The lowest BCUT2D eigenvalue weighted by molar-refractivity contribution is -0.111. The van der Waals surface area contributed by atoms with Gasteiger partial charge in [-0.3, -0.25) is 14.5 Å². The molecule has 0 bridgehead atoms. The first-order valence-electron chi connectivity index (χ1n) is 10.7. The van der Waals surface area contributed by atoms with Crippen LogP contribution in [-0.4, -0.2) is 34.4 Å². The van der Waals surface area contributed by atoms with Crippen LogP contribution in [0, 0.1) is 0 Å². The van der Waals surface area contributed by atoms with Crippen LogP contribution < -0.4 is 14.8 Å². The molecule has 1 N–H and O–H groups in total. The van der Waals surface area contributed by atoms with Crippen LogP contribution in [0.25, 0.3) is 17.3 Å². The van der Waals surface area contributed by atoms with Gasteiger partial charge in [-0.1, -0.05) is 30.3 Å². The first kappa shape index (κ1) is 23.6. The van der Waals surface area contributed by atoms with E-state index in [0.29, 0.717) is 12.2 Å². The number of anilines is 1. The molecule has 0 aliphatic rings. The molecule has 2 heterocycles. The van der Waals surface area contributed by atoms with Crippen molar-refractivity contribution >= 4 is 17.7 Å².